The predicted octanol–water partition coefficient (Wildman–Crippen LogP) is 2.50. The van der Waals surface area contributed by atoms with Crippen molar-refractivity contribution in [2.75, 3.05) is 18.5 Å². The van der Waals surface area contributed by atoms with Gasteiger partial charge in [-0.15, -0.1) is 0 Å². The lowest BCUT2D eigenvalue weighted by molar-refractivity contribution is -0.116. The molecule has 0 unspecified atom stereocenters. The molecule has 1 aromatic carbocycles. The number of anilines is 1. The summed E-state index contributed by atoms with van der Waals surface area (Å²) in [4.78, 5) is 28.4. The van der Waals surface area contributed by atoms with Crippen LogP contribution in [0, 0.1) is 0 Å². The molecule has 0 atom stereocenters. The Kier molecular flexibility index (Phi) is 5.51. The van der Waals surface area contributed by atoms with Gasteiger partial charge in [0, 0.05) is 48.7 Å². The van der Waals surface area contributed by atoms with Gasteiger partial charge in [0.1, 0.15) is 13.2 Å². The number of aromatic nitrogens is 3. The number of hydrogen-bond donors (Lipinski definition) is 1. The van der Waals surface area contributed by atoms with E-state index in [1.54, 1.807) is 36.7 Å². The number of amides is 1. The summed E-state index contributed by atoms with van der Waals surface area (Å²) in [6.45, 7) is 1.36. The molecule has 0 radical (unpaired) electrons. The molecule has 0 fully saturated rings. The topological polar surface area (TPSA) is 95.3 Å². The van der Waals surface area contributed by atoms with Crippen molar-refractivity contribution in [3.05, 3.63) is 65.2 Å². The van der Waals surface area contributed by atoms with E-state index < -0.39 is 0 Å². The number of benzene rings is 1. The van der Waals surface area contributed by atoms with Gasteiger partial charge in [-0.3, -0.25) is 14.6 Å². The van der Waals surface area contributed by atoms with Crippen molar-refractivity contribution < 1.29 is 14.3 Å². The number of nitrogens with one attached hydrogen (secondary N) is 1. The minimum Gasteiger partial charge on any atom is -0.486 e. The summed E-state index contributed by atoms with van der Waals surface area (Å²) in [5.74, 6) is 1.16. The van der Waals surface area contributed by atoms with Crippen molar-refractivity contribution >= 4 is 11.6 Å². The number of fused-ring (bicyclic) bond motifs is 1. The van der Waals surface area contributed by atoms with Gasteiger partial charge in [-0.2, -0.15) is 5.10 Å². The van der Waals surface area contributed by atoms with Crippen LogP contribution >= 0.6 is 0 Å². The molecule has 0 saturated heterocycles. The van der Waals surface area contributed by atoms with Crippen molar-refractivity contribution in [3.8, 4) is 22.8 Å². The summed E-state index contributed by atoms with van der Waals surface area (Å²) in [7, 11) is 0. The quantitative estimate of drug-likeness (QED) is 0.693. The number of aryl methyl sites for hydroxylation is 1. The predicted molar refractivity (Wildman–Crippen MR) is 107 cm³/mol. The van der Waals surface area contributed by atoms with Crippen LogP contribution < -0.4 is 20.3 Å². The van der Waals surface area contributed by atoms with Gasteiger partial charge in [-0.25, -0.2) is 4.68 Å². The average Bonchev–Trinajstić information content (AvgIpc) is 2.75. The molecular formula is C21H20N4O4. The van der Waals surface area contributed by atoms with Crippen LogP contribution in [0.4, 0.5) is 5.69 Å². The third-order valence-electron chi connectivity index (χ3n) is 4.42. The molecular weight excluding hydrogens is 372 g/mol. The van der Waals surface area contributed by atoms with E-state index in [9.17, 15) is 9.59 Å². The van der Waals surface area contributed by atoms with E-state index in [4.69, 9.17) is 9.47 Å². The molecule has 3 aromatic rings. The standard InChI is InChI=1S/C21H20N4O4/c26-20(23-16-5-7-18-19(13-16)29-12-11-28-18)4-2-10-25-21(27)8-6-17(24-25)15-3-1-9-22-14-15/h1,3,5-9,13-14H,2,4,10-12H2,(H,23,26). The summed E-state index contributed by atoms with van der Waals surface area (Å²) in [5.41, 5.74) is 1.94. The number of nitrogens with zero attached hydrogens (tertiary/aromatic N) is 3. The Balaban J connectivity index is 1.34. The van der Waals surface area contributed by atoms with Gasteiger partial charge in [0.25, 0.3) is 5.56 Å². The van der Waals surface area contributed by atoms with Gasteiger partial charge in [-0.1, -0.05) is 0 Å². The zero-order valence-corrected chi connectivity index (χ0v) is 15.7. The molecule has 0 saturated carbocycles. The molecule has 8 heteroatoms. The SMILES string of the molecule is O=C(CCCn1nc(-c2cccnc2)ccc1=O)Nc1ccc2c(c1)OCCO2. The highest BCUT2D eigenvalue weighted by Gasteiger charge is 2.13. The fraction of sp³-hybridized carbons (Fsp3) is 0.238. The lowest BCUT2D eigenvalue weighted by Crippen LogP contribution is -2.23. The first-order valence-corrected chi connectivity index (χ1v) is 9.37. The Morgan fingerprint density at radius 3 is 2.79 bits per heavy atom. The van der Waals surface area contributed by atoms with Crippen LogP contribution in [0.1, 0.15) is 12.8 Å². The minimum atomic E-state index is -0.204. The minimum absolute atomic E-state index is 0.141. The van der Waals surface area contributed by atoms with Gasteiger partial charge in [-0.05, 0) is 36.8 Å². The first-order chi connectivity index (χ1) is 14.2. The Labute approximate surface area is 167 Å². The van der Waals surface area contributed by atoms with E-state index in [1.165, 1.54) is 10.7 Å². The number of carbonyl (C=O) groups is 1. The highest BCUT2D eigenvalue weighted by Crippen LogP contribution is 2.32. The second kappa shape index (κ2) is 8.55. The van der Waals surface area contributed by atoms with E-state index in [2.05, 4.69) is 15.4 Å². The molecule has 1 amide bonds. The van der Waals surface area contributed by atoms with E-state index >= 15 is 0 Å². The average molecular weight is 392 g/mol. The Bertz CT molecular complexity index is 1070. The molecule has 8 nitrogen and oxygen atoms in total. The van der Waals surface area contributed by atoms with Crippen LogP contribution in [0.2, 0.25) is 0 Å². The fourth-order valence-corrected chi connectivity index (χ4v) is 3.01. The summed E-state index contributed by atoms with van der Waals surface area (Å²) in [6, 6.07) is 12.1. The monoisotopic (exact) mass is 392 g/mol. The normalized spacial score (nSPS) is 12.4. The summed E-state index contributed by atoms with van der Waals surface area (Å²) in [6.07, 6.45) is 4.12. The van der Waals surface area contributed by atoms with Gasteiger partial charge >= 0.3 is 0 Å². The number of hydrogen-bond acceptors (Lipinski definition) is 6. The van der Waals surface area contributed by atoms with Crippen LogP contribution in [0.3, 0.4) is 0 Å². The van der Waals surface area contributed by atoms with Gasteiger partial charge in [0.15, 0.2) is 11.5 Å². The smallest absolute Gasteiger partial charge is 0.266 e. The number of ether oxygens (including phenoxy) is 2. The zero-order chi connectivity index (χ0) is 20.1. The van der Waals surface area contributed by atoms with Crippen molar-refractivity contribution in [2.45, 2.75) is 19.4 Å². The molecule has 0 aliphatic carbocycles. The van der Waals surface area contributed by atoms with Gasteiger partial charge < -0.3 is 14.8 Å². The third kappa shape index (κ3) is 4.60. The molecule has 1 aliphatic heterocycles. The van der Waals surface area contributed by atoms with Crippen molar-refractivity contribution in [1.82, 2.24) is 14.8 Å². The third-order valence-corrected chi connectivity index (χ3v) is 4.42. The summed E-state index contributed by atoms with van der Waals surface area (Å²) < 4.78 is 12.4. The Morgan fingerprint density at radius 2 is 1.97 bits per heavy atom. The number of carbonyl (C=O) groups excluding carboxylic acids is 1. The maximum absolute atomic E-state index is 12.2. The highest BCUT2D eigenvalue weighted by molar-refractivity contribution is 5.91. The summed E-state index contributed by atoms with van der Waals surface area (Å²) in [5, 5.41) is 7.21. The van der Waals surface area contributed by atoms with Crippen LogP contribution in [-0.4, -0.2) is 33.9 Å². The first kappa shape index (κ1) is 18.7. The van der Waals surface area contributed by atoms with E-state index in [1.807, 2.05) is 12.1 Å². The molecule has 29 heavy (non-hydrogen) atoms. The number of pyridine rings is 1. The fourth-order valence-electron chi connectivity index (χ4n) is 3.01. The van der Waals surface area contributed by atoms with Crippen molar-refractivity contribution in [3.63, 3.8) is 0 Å². The first-order valence-electron chi connectivity index (χ1n) is 9.37. The Hall–Kier alpha value is -3.68. The number of rotatable bonds is 6. The van der Waals surface area contributed by atoms with Gasteiger partial charge in [0.2, 0.25) is 5.91 Å². The van der Waals surface area contributed by atoms with Crippen LogP contribution in [0.5, 0.6) is 11.5 Å². The lowest BCUT2D eigenvalue weighted by Gasteiger charge is -2.19. The molecule has 4 rings (SSSR count). The maximum atomic E-state index is 12.2. The second-order valence-electron chi connectivity index (χ2n) is 6.53. The van der Waals surface area contributed by atoms with Crippen LogP contribution in [0.15, 0.2) is 59.7 Å². The Morgan fingerprint density at radius 1 is 1.10 bits per heavy atom. The maximum Gasteiger partial charge on any atom is 0.266 e. The van der Waals surface area contributed by atoms with Gasteiger partial charge in [0.05, 0.1) is 5.69 Å². The molecule has 2 aromatic heterocycles. The largest absolute Gasteiger partial charge is 0.486 e. The lowest BCUT2D eigenvalue weighted by atomic mass is 10.2. The molecule has 3 heterocycles. The highest BCUT2D eigenvalue weighted by atomic mass is 16.6. The molecule has 0 bridgehead atoms. The van der Waals surface area contributed by atoms with Crippen LogP contribution in [0.25, 0.3) is 11.3 Å². The van der Waals surface area contributed by atoms with Crippen LogP contribution in [-0.2, 0) is 11.3 Å². The molecule has 1 N–H and O–H groups in total. The van der Waals surface area contributed by atoms with Crippen molar-refractivity contribution in [2.24, 2.45) is 0 Å². The molecule has 0 spiro atoms. The summed E-state index contributed by atoms with van der Waals surface area (Å²) >= 11 is 0. The van der Waals surface area contributed by atoms with E-state index in [0.717, 1.165) is 5.56 Å². The van der Waals surface area contributed by atoms with E-state index in [-0.39, 0.29) is 17.9 Å². The molecule has 148 valence electrons. The van der Waals surface area contributed by atoms with Crippen molar-refractivity contribution in [1.29, 1.82) is 0 Å². The molecule has 1 aliphatic rings. The second-order valence-corrected chi connectivity index (χ2v) is 6.53. The van der Waals surface area contributed by atoms with E-state index in [0.29, 0.717) is 49.1 Å². The zero-order valence-electron chi connectivity index (χ0n) is 15.7.